The quantitative estimate of drug-likeness (QED) is 0.821. The fraction of sp³-hybridized carbons (Fsp3) is 0.583. The van der Waals surface area contributed by atoms with Gasteiger partial charge in [0.25, 0.3) is 0 Å². The van der Waals surface area contributed by atoms with Gasteiger partial charge >= 0.3 is 5.97 Å². The number of hydrogen-bond acceptors (Lipinski definition) is 6. The van der Waals surface area contributed by atoms with Gasteiger partial charge in [0.1, 0.15) is 9.77 Å². The van der Waals surface area contributed by atoms with Crippen LogP contribution in [0.5, 0.6) is 0 Å². The van der Waals surface area contributed by atoms with Crippen LogP contribution in [-0.4, -0.2) is 49.6 Å². The molecule has 6 nitrogen and oxygen atoms in total. The first-order valence-corrected chi connectivity index (χ1v) is 8.54. The molecule has 0 aliphatic carbocycles. The maximum atomic E-state index is 12.4. The molecular formula is C12H17NO5S2. The van der Waals surface area contributed by atoms with Gasteiger partial charge in [0, 0.05) is 13.1 Å². The molecule has 1 aliphatic rings. The van der Waals surface area contributed by atoms with Crippen molar-refractivity contribution in [3.05, 3.63) is 16.3 Å². The molecule has 0 amide bonds. The lowest BCUT2D eigenvalue weighted by Crippen LogP contribution is -2.63. The number of esters is 1. The normalized spacial score (nSPS) is 18.6. The maximum absolute atomic E-state index is 12.4. The number of sulfonamides is 1. The fourth-order valence-electron chi connectivity index (χ4n) is 2.28. The van der Waals surface area contributed by atoms with Crippen molar-refractivity contribution >= 4 is 27.3 Å². The lowest BCUT2D eigenvalue weighted by Gasteiger charge is -2.45. The standard InChI is InChI=1S/C12H17NO5S2/c1-3-5-12(15)7-13(8-12)20(16,17)9-4-6-19-10(9)11(14)18-2/h4,6,15H,3,5,7-8H2,1-2H3. The molecule has 2 rings (SSSR count). The Morgan fingerprint density at radius 2 is 2.20 bits per heavy atom. The van der Waals surface area contributed by atoms with E-state index in [9.17, 15) is 18.3 Å². The minimum Gasteiger partial charge on any atom is -0.465 e. The second-order valence-electron chi connectivity index (χ2n) is 4.85. The molecule has 112 valence electrons. The Kier molecular flexibility index (Phi) is 4.19. The predicted octanol–water partition coefficient (Wildman–Crippen LogP) is 1.07. The number of ether oxygens (including phenoxy) is 1. The summed E-state index contributed by atoms with van der Waals surface area (Å²) in [5.41, 5.74) is -0.941. The largest absolute Gasteiger partial charge is 0.465 e. The van der Waals surface area contributed by atoms with Gasteiger partial charge in [0.05, 0.1) is 12.7 Å². The molecule has 20 heavy (non-hydrogen) atoms. The van der Waals surface area contributed by atoms with Crippen molar-refractivity contribution in [2.24, 2.45) is 0 Å². The van der Waals surface area contributed by atoms with Crippen LogP contribution in [0.25, 0.3) is 0 Å². The molecule has 0 atom stereocenters. The van der Waals surface area contributed by atoms with Crippen molar-refractivity contribution in [3.63, 3.8) is 0 Å². The Morgan fingerprint density at radius 1 is 1.55 bits per heavy atom. The van der Waals surface area contributed by atoms with E-state index in [4.69, 9.17) is 0 Å². The van der Waals surface area contributed by atoms with Gasteiger partial charge in [-0.15, -0.1) is 11.3 Å². The van der Waals surface area contributed by atoms with E-state index >= 15 is 0 Å². The number of methoxy groups -OCH3 is 1. The zero-order valence-electron chi connectivity index (χ0n) is 11.3. The summed E-state index contributed by atoms with van der Waals surface area (Å²) in [6.07, 6.45) is 1.35. The minimum absolute atomic E-state index is 0.0482. The molecule has 8 heteroatoms. The molecular weight excluding hydrogens is 302 g/mol. The van der Waals surface area contributed by atoms with E-state index in [1.807, 2.05) is 6.92 Å². The molecule has 1 aromatic heterocycles. The van der Waals surface area contributed by atoms with E-state index in [-0.39, 0.29) is 22.9 Å². The number of hydrogen-bond donors (Lipinski definition) is 1. The van der Waals surface area contributed by atoms with Gasteiger partial charge in [0.2, 0.25) is 10.0 Å². The molecule has 0 radical (unpaired) electrons. The molecule has 0 unspecified atom stereocenters. The second kappa shape index (κ2) is 5.44. The molecule has 1 saturated heterocycles. The monoisotopic (exact) mass is 319 g/mol. The highest BCUT2D eigenvalue weighted by atomic mass is 32.2. The Bertz CT molecular complexity index is 601. The zero-order valence-corrected chi connectivity index (χ0v) is 13.0. The van der Waals surface area contributed by atoms with Gasteiger partial charge in [-0.25, -0.2) is 13.2 Å². The molecule has 1 fully saturated rings. The van der Waals surface area contributed by atoms with Crippen LogP contribution in [0.3, 0.4) is 0 Å². The van der Waals surface area contributed by atoms with Crippen LogP contribution in [-0.2, 0) is 14.8 Å². The van der Waals surface area contributed by atoms with Gasteiger partial charge in [0.15, 0.2) is 0 Å². The van der Waals surface area contributed by atoms with Crippen molar-refractivity contribution in [2.45, 2.75) is 30.3 Å². The number of nitrogens with zero attached hydrogens (tertiary/aromatic N) is 1. The van der Waals surface area contributed by atoms with Crippen molar-refractivity contribution in [2.75, 3.05) is 20.2 Å². The summed E-state index contributed by atoms with van der Waals surface area (Å²) in [5.74, 6) is -0.664. The number of rotatable bonds is 5. The second-order valence-corrected chi connectivity index (χ2v) is 7.68. The van der Waals surface area contributed by atoms with Crippen LogP contribution in [0, 0.1) is 0 Å². The third-order valence-corrected chi connectivity index (χ3v) is 6.13. The van der Waals surface area contributed by atoms with E-state index < -0.39 is 21.6 Å². The first-order valence-electron chi connectivity index (χ1n) is 6.22. The Morgan fingerprint density at radius 3 is 2.75 bits per heavy atom. The molecule has 0 saturated carbocycles. The zero-order chi connectivity index (χ0) is 15.0. The van der Waals surface area contributed by atoms with Crippen molar-refractivity contribution in [3.8, 4) is 0 Å². The number of β-amino-alcohol motifs (C(OH)–C–C–N with tert-alkyl or cyclic N) is 1. The van der Waals surface area contributed by atoms with Crippen LogP contribution >= 0.6 is 11.3 Å². The van der Waals surface area contributed by atoms with Gasteiger partial charge in [-0.3, -0.25) is 0 Å². The molecule has 2 heterocycles. The van der Waals surface area contributed by atoms with E-state index in [1.54, 1.807) is 0 Å². The summed E-state index contributed by atoms with van der Waals surface area (Å²) in [7, 11) is -2.54. The van der Waals surface area contributed by atoms with Crippen molar-refractivity contribution < 1.29 is 23.1 Å². The molecule has 1 aliphatic heterocycles. The smallest absolute Gasteiger partial charge is 0.349 e. The first kappa shape index (κ1) is 15.4. The highest BCUT2D eigenvalue weighted by Crippen LogP contribution is 2.34. The summed E-state index contributed by atoms with van der Waals surface area (Å²) in [5, 5.41) is 11.6. The third-order valence-electron chi connectivity index (χ3n) is 3.27. The summed E-state index contributed by atoms with van der Waals surface area (Å²) < 4.78 is 30.6. The van der Waals surface area contributed by atoms with Crippen molar-refractivity contribution in [1.29, 1.82) is 0 Å². The number of aliphatic hydroxyl groups is 1. The van der Waals surface area contributed by atoms with Crippen LogP contribution < -0.4 is 0 Å². The summed E-state index contributed by atoms with van der Waals surface area (Å²) in [6, 6.07) is 1.39. The highest BCUT2D eigenvalue weighted by molar-refractivity contribution is 7.89. The molecule has 0 aromatic carbocycles. The Labute approximate surface area is 122 Å². The lowest BCUT2D eigenvalue weighted by molar-refractivity contribution is -0.0653. The molecule has 1 aromatic rings. The van der Waals surface area contributed by atoms with Crippen LogP contribution in [0.15, 0.2) is 16.3 Å². The summed E-state index contributed by atoms with van der Waals surface area (Å²) in [6.45, 7) is 2.07. The fourth-order valence-corrected chi connectivity index (χ4v) is 5.19. The van der Waals surface area contributed by atoms with Gasteiger partial charge in [-0.1, -0.05) is 13.3 Å². The van der Waals surface area contributed by atoms with Crippen LogP contribution in [0.2, 0.25) is 0 Å². The lowest BCUT2D eigenvalue weighted by atomic mass is 9.92. The van der Waals surface area contributed by atoms with E-state index in [2.05, 4.69) is 4.74 Å². The van der Waals surface area contributed by atoms with E-state index in [0.717, 1.165) is 17.8 Å². The van der Waals surface area contributed by atoms with Gasteiger partial charge < -0.3 is 9.84 Å². The number of thiophene rings is 1. The number of carbonyl (C=O) groups excluding carboxylic acids is 1. The third kappa shape index (κ3) is 2.60. The first-order chi connectivity index (χ1) is 9.34. The Hall–Kier alpha value is -0.960. The van der Waals surface area contributed by atoms with Gasteiger partial charge in [-0.05, 0) is 17.9 Å². The minimum atomic E-state index is -3.75. The Balaban J connectivity index is 2.22. The average molecular weight is 319 g/mol. The topological polar surface area (TPSA) is 83.9 Å². The summed E-state index contributed by atoms with van der Waals surface area (Å²) >= 11 is 1.03. The van der Waals surface area contributed by atoms with Gasteiger partial charge in [-0.2, -0.15) is 4.31 Å². The van der Waals surface area contributed by atoms with E-state index in [1.165, 1.54) is 22.9 Å². The number of carbonyl (C=O) groups is 1. The molecule has 0 bridgehead atoms. The maximum Gasteiger partial charge on any atom is 0.349 e. The SMILES string of the molecule is CCCC1(O)CN(S(=O)(=O)c2ccsc2C(=O)OC)C1. The highest BCUT2D eigenvalue weighted by Gasteiger charge is 2.47. The summed E-state index contributed by atoms with van der Waals surface area (Å²) in [4.78, 5) is 11.6. The molecule has 0 spiro atoms. The van der Waals surface area contributed by atoms with Crippen LogP contribution in [0.1, 0.15) is 29.4 Å². The molecule has 1 N–H and O–H groups in total. The average Bonchev–Trinajstić information content (AvgIpc) is 2.85. The van der Waals surface area contributed by atoms with Crippen molar-refractivity contribution in [1.82, 2.24) is 4.31 Å². The van der Waals surface area contributed by atoms with E-state index in [0.29, 0.717) is 6.42 Å². The predicted molar refractivity (Wildman–Crippen MR) is 74.3 cm³/mol. The van der Waals surface area contributed by atoms with Crippen LogP contribution in [0.4, 0.5) is 0 Å².